The van der Waals surface area contributed by atoms with Gasteiger partial charge in [-0.1, -0.05) is 42.5 Å². The average Bonchev–Trinajstić information content (AvgIpc) is 3.27. The highest BCUT2D eigenvalue weighted by molar-refractivity contribution is 14.0. The molecule has 2 aromatic carbocycles. The van der Waals surface area contributed by atoms with Gasteiger partial charge in [-0.25, -0.2) is 9.98 Å². The fraction of sp³-hybridized carbons (Fsp3) is 0.400. The molecule has 34 heavy (non-hydrogen) atoms. The molecule has 1 aliphatic heterocycles. The lowest BCUT2D eigenvalue weighted by Crippen LogP contribution is -2.46. The van der Waals surface area contributed by atoms with Crippen LogP contribution in [0.3, 0.4) is 0 Å². The van der Waals surface area contributed by atoms with Gasteiger partial charge in [0.15, 0.2) is 5.96 Å². The van der Waals surface area contributed by atoms with Crippen LogP contribution in [0, 0.1) is 0 Å². The Kier molecular flexibility index (Phi) is 10.1. The maximum absolute atomic E-state index is 4.83. The molecule has 0 saturated carbocycles. The molecule has 2 heterocycles. The molecule has 0 unspecified atom stereocenters. The number of piperazine rings is 1. The van der Waals surface area contributed by atoms with Crippen molar-refractivity contribution in [3.05, 3.63) is 77.9 Å². The lowest BCUT2D eigenvalue weighted by Gasteiger charge is -2.36. The molecule has 3 aromatic rings. The van der Waals surface area contributed by atoms with Gasteiger partial charge >= 0.3 is 0 Å². The van der Waals surface area contributed by atoms with Crippen molar-refractivity contribution in [1.82, 2.24) is 30.3 Å². The molecule has 4 rings (SSSR count). The third kappa shape index (κ3) is 7.17. The molecular formula is C25H35IN8. The topological polar surface area (TPSA) is 73.6 Å². The summed E-state index contributed by atoms with van der Waals surface area (Å²) in [6.45, 7) is 9.28. The van der Waals surface area contributed by atoms with Gasteiger partial charge in [0.2, 0.25) is 0 Å². The summed E-state index contributed by atoms with van der Waals surface area (Å²) in [5.74, 6) is 1.66. The molecule has 0 radical (unpaired) electrons. The highest BCUT2D eigenvalue weighted by Gasteiger charge is 2.18. The monoisotopic (exact) mass is 574 g/mol. The summed E-state index contributed by atoms with van der Waals surface area (Å²) in [5.41, 5.74) is 3.93. The van der Waals surface area contributed by atoms with Crippen LogP contribution < -0.4 is 15.5 Å². The number of hydrogen-bond donors (Lipinski definition) is 2. The summed E-state index contributed by atoms with van der Waals surface area (Å²) in [6.07, 6.45) is 1.57. The van der Waals surface area contributed by atoms with E-state index in [0.29, 0.717) is 13.1 Å². The summed E-state index contributed by atoms with van der Waals surface area (Å²) in [4.78, 5) is 14.1. The normalized spacial score (nSPS) is 14.5. The lowest BCUT2D eigenvalue weighted by atomic mass is 10.1. The third-order valence-corrected chi connectivity index (χ3v) is 5.98. The Morgan fingerprint density at radius 3 is 2.32 bits per heavy atom. The second-order valence-corrected chi connectivity index (χ2v) is 8.22. The smallest absolute Gasteiger partial charge is 0.191 e. The first-order valence-electron chi connectivity index (χ1n) is 11.7. The fourth-order valence-electron chi connectivity index (χ4n) is 4.06. The lowest BCUT2D eigenvalue weighted by molar-refractivity contribution is 0.249. The Bertz CT molecular complexity index is 1030. The maximum Gasteiger partial charge on any atom is 0.191 e. The molecule has 0 aliphatic carbocycles. The van der Waals surface area contributed by atoms with Crippen molar-refractivity contribution in [2.24, 2.45) is 12.0 Å². The molecule has 1 aliphatic rings. The number of hydrogen-bond acceptors (Lipinski definition) is 5. The van der Waals surface area contributed by atoms with Crippen LogP contribution in [0.15, 0.2) is 65.9 Å². The zero-order valence-corrected chi connectivity index (χ0v) is 22.4. The molecule has 0 atom stereocenters. The highest BCUT2D eigenvalue weighted by Crippen LogP contribution is 2.18. The molecule has 182 valence electrons. The summed E-state index contributed by atoms with van der Waals surface area (Å²) < 4.78 is 1.77. The minimum absolute atomic E-state index is 0. The van der Waals surface area contributed by atoms with Gasteiger partial charge in [0.05, 0.1) is 13.1 Å². The van der Waals surface area contributed by atoms with Crippen molar-refractivity contribution in [2.45, 2.75) is 26.6 Å². The first kappa shape index (κ1) is 26.0. The van der Waals surface area contributed by atoms with Gasteiger partial charge in [0.1, 0.15) is 12.2 Å². The van der Waals surface area contributed by atoms with Gasteiger partial charge in [-0.3, -0.25) is 9.58 Å². The number of nitrogens with zero attached hydrogens (tertiary/aromatic N) is 6. The summed E-state index contributed by atoms with van der Waals surface area (Å²) in [7, 11) is 1.89. The summed E-state index contributed by atoms with van der Waals surface area (Å²) >= 11 is 0. The van der Waals surface area contributed by atoms with Crippen molar-refractivity contribution in [1.29, 1.82) is 0 Å². The van der Waals surface area contributed by atoms with Crippen LogP contribution in [0.25, 0.3) is 0 Å². The number of nitrogens with one attached hydrogen (secondary N) is 2. The second-order valence-electron chi connectivity index (χ2n) is 8.22. The standard InChI is InChI=1S/C25H34N8.HI/c1-3-26-25(28-18-24-29-20-30-31(24)2)27-17-21-9-7-8-10-22(21)19-32-13-15-33(16-14-32)23-11-5-4-6-12-23;/h4-12,20H,3,13-19H2,1-2H3,(H2,26,27,28);1H. The van der Waals surface area contributed by atoms with Crippen LogP contribution in [-0.2, 0) is 26.7 Å². The molecule has 1 aromatic heterocycles. The molecule has 1 saturated heterocycles. The van der Waals surface area contributed by atoms with Crippen molar-refractivity contribution in [2.75, 3.05) is 37.6 Å². The number of rotatable bonds is 8. The quantitative estimate of drug-likeness (QED) is 0.245. The van der Waals surface area contributed by atoms with E-state index in [4.69, 9.17) is 4.99 Å². The average molecular weight is 575 g/mol. The number of halogens is 1. The number of para-hydroxylation sites is 1. The van der Waals surface area contributed by atoms with Gasteiger partial charge in [-0.05, 0) is 30.2 Å². The summed E-state index contributed by atoms with van der Waals surface area (Å²) in [6, 6.07) is 19.3. The molecule has 9 heteroatoms. The number of benzene rings is 2. The number of aryl methyl sites for hydroxylation is 1. The van der Waals surface area contributed by atoms with Crippen molar-refractivity contribution < 1.29 is 0 Å². The van der Waals surface area contributed by atoms with E-state index in [2.05, 4.69) is 92.0 Å². The maximum atomic E-state index is 4.83. The fourth-order valence-corrected chi connectivity index (χ4v) is 4.06. The minimum atomic E-state index is 0. The first-order chi connectivity index (χ1) is 16.2. The van der Waals surface area contributed by atoms with Gasteiger partial charge < -0.3 is 15.5 Å². The number of aliphatic imine (C=N–C) groups is 1. The Morgan fingerprint density at radius 1 is 0.941 bits per heavy atom. The highest BCUT2D eigenvalue weighted by atomic mass is 127. The van der Waals surface area contributed by atoms with Crippen molar-refractivity contribution in [3.63, 3.8) is 0 Å². The molecule has 1 fully saturated rings. The molecule has 2 N–H and O–H groups in total. The van der Waals surface area contributed by atoms with Gasteiger partial charge in [0, 0.05) is 52.0 Å². The molecule has 0 spiro atoms. The Hall–Kier alpha value is -2.66. The Balaban J connectivity index is 0.00000324. The van der Waals surface area contributed by atoms with Crippen LogP contribution in [-0.4, -0.2) is 58.3 Å². The Labute approximate surface area is 219 Å². The minimum Gasteiger partial charge on any atom is -0.369 e. The van der Waals surface area contributed by atoms with E-state index < -0.39 is 0 Å². The van der Waals surface area contributed by atoms with E-state index in [-0.39, 0.29) is 24.0 Å². The molecular weight excluding hydrogens is 539 g/mol. The number of anilines is 1. The van der Waals surface area contributed by atoms with Gasteiger partial charge in [-0.2, -0.15) is 5.10 Å². The second kappa shape index (κ2) is 13.3. The largest absolute Gasteiger partial charge is 0.369 e. The van der Waals surface area contributed by atoms with Gasteiger partial charge in [0.25, 0.3) is 0 Å². The molecule has 0 amide bonds. The van der Waals surface area contributed by atoms with Crippen molar-refractivity contribution in [3.8, 4) is 0 Å². The van der Waals surface area contributed by atoms with Gasteiger partial charge in [-0.15, -0.1) is 24.0 Å². The predicted molar refractivity (Wildman–Crippen MR) is 148 cm³/mol. The van der Waals surface area contributed by atoms with Crippen LogP contribution in [0.2, 0.25) is 0 Å². The van der Waals surface area contributed by atoms with E-state index in [1.807, 2.05) is 7.05 Å². The van der Waals surface area contributed by atoms with Crippen molar-refractivity contribution >= 4 is 35.6 Å². The van der Waals surface area contributed by atoms with Crippen LogP contribution in [0.1, 0.15) is 23.9 Å². The predicted octanol–water partition coefficient (Wildman–Crippen LogP) is 3.01. The van der Waals surface area contributed by atoms with Crippen LogP contribution in [0.4, 0.5) is 5.69 Å². The van der Waals surface area contributed by atoms with E-state index in [0.717, 1.165) is 51.1 Å². The zero-order valence-electron chi connectivity index (χ0n) is 20.0. The van der Waals surface area contributed by atoms with E-state index in [9.17, 15) is 0 Å². The van der Waals surface area contributed by atoms with E-state index in [1.54, 1.807) is 11.0 Å². The number of aromatic nitrogens is 3. The third-order valence-electron chi connectivity index (χ3n) is 5.98. The summed E-state index contributed by atoms with van der Waals surface area (Å²) in [5, 5.41) is 10.8. The SMILES string of the molecule is CCNC(=NCc1ccccc1CN1CCN(c2ccccc2)CC1)NCc1ncnn1C.I. The van der Waals surface area contributed by atoms with E-state index in [1.165, 1.54) is 16.8 Å². The number of guanidine groups is 1. The zero-order chi connectivity index (χ0) is 22.9. The Morgan fingerprint density at radius 2 is 1.65 bits per heavy atom. The van der Waals surface area contributed by atoms with E-state index >= 15 is 0 Å². The first-order valence-corrected chi connectivity index (χ1v) is 11.7. The molecule has 8 nitrogen and oxygen atoms in total. The molecule has 0 bridgehead atoms. The van der Waals surface area contributed by atoms with Crippen LogP contribution in [0.5, 0.6) is 0 Å². The van der Waals surface area contributed by atoms with Crippen LogP contribution >= 0.6 is 24.0 Å².